The van der Waals surface area contributed by atoms with Crippen LogP contribution in [-0.4, -0.2) is 28.3 Å². The van der Waals surface area contributed by atoms with Gasteiger partial charge in [-0.25, -0.2) is 9.48 Å². The van der Waals surface area contributed by atoms with Gasteiger partial charge in [0.15, 0.2) is 0 Å². The van der Waals surface area contributed by atoms with E-state index in [4.69, 9.17) is 4.74 Å². The summed E-state index contributed by atoms with van der Waals surface area (Å²) in [6.45, 7) is 2.08. The van der Waals surface area contributed by atoms with Gasteiger partial charge < -0.3 is 10.1 Å². The molecule has 1 aliphatic carbocycles. The maximum absolute atomic E-state index is 12.8. The predicted molar refractivity (Wildman–Crippen MR) is 104 cm³/mol. The molecule has 1 fully saturated rings. The van der Waals surface area contributed by atoms with E-state index in [1.807, 2.05) is 29.8 Å². The van der Waals surface area contributed by atoms with Gasteiger partial charge in [0, 0.05) is 18.0 Å². The summed E-state index contributed by atoms with van der Waals surface area (Å²) >= 11 is 1.37. The Kier molecular flexibility index (Phi) is 4.77. The van der Waals surface area contributed by atoms with Gasteiger partial charge in [0.2, 0.25) is 0 Å². The van der Waals surface area contributed by atoms with Crippen LogP contribution >= 0.6 is 11.3 Å². The summed E-state index contributed by atoms with van der Waals surface area (Å²) in [4.78, 5) is 25.2. The fourth-order valence-corrected chi connectivity index (χ4v) is 3.98. The highest BCUT2D eigenvalue weighted by molar-refractivity contribution is 7.15. The van der Waals surface area contributed by atoms with Crippen LogP contribution in [0.3, 0.4) is 0 Å². The Hall–Kier alpha value is -2.93. The van der Waals surface area contributed by atoms with Gasteiger partial charge in [-0.05, 0) is 60.9 Å². The third-order valence-electron chi connectivity index (χ3n) is 4.42. The Morgan fingerprint density at radius 2 is 2.19 bits per heavy atom. The molecule has 0 spiro atoms. The standard InChI is InChI=1S/C20H19N3O3S/c1-2-26-20(25)17-16(13-7-8-13)12-27-19(17)22-18(24)14-5-3-6-15(11-14)23-10-4-9-21-23/h3-6,9-13H,2,7-8H2,1H3,(H,22,24). The summed E-state index contributed by atoms with van der Waals surface area (Å²) in [6.07, 6.45) is 5.64. The van der Waals surface area contributed by atoms with E-state index in [-0.39, 0.29) is 11.9 Å². The van der Waals surface area contributed by atoms with Crippen molar-refractivity contribution in [1.82, 2.24) is 9.78 Å². The first-order chi connectivity index (χ1) is 13.2. The average molecular weight is 381 g/mol. The lowest BCUT2D eigenvalue weighted by molar-refractivity contribution is 0.0527. The zero-order valence-corrected chi connectivity index (χ0v) is 15.7. The largest absolute Gasteiger partial charge is 0.462 e. The maximum Gasteiger partial charge on any atom is 0.341 e. The van der Waals surface area contributed by atoms with Crippen molar-refractivity contribution < 1.29 is 14.3 Å². The maximum atomic E-state index is 12.8. The number of aromatic nitrogens is 2. The lowest BCUT2D eigenvalue weighted by Crippen LogP contribution is -2.15. The number of esters is 1. The van der Waals surface area contributed by atoms with E-state index in [0.29, 0.717) is 28.7 Å². The molecule has 1 aromatic carbocycles. The molecule has 1 amide bonds. The number of amides is 1. The molecule has 6 nitrogen and oxygen atoms in total. The zero-order chi connectivity index (χ0) is 18.8. The number of anilines is 1. The molecule has 2 aromatic heterocycles. The Balaban J connectivity index is 1.60. The highest BCUT2D eigenvalue weighted by atomic mass is 32.1. The third-order valence-corrected chi connectivity index (χ3v) is 5.33. The summed E-state index contributed by atoms with van der Waals surface area (Å²) in [5, 5.41) is 9.58. The first-order valence-corrected chi connectivity index (χ1v) is 9.75. The van der Waals surface area contributed by atoms with Crippen molar-refractivity contribution >= 4 is 28.2 Å². The van der Waals surface area contributed by atoms with Crippen molar-refractivity contribution in [2.24, 2.45) is 0 Å². The van der Waals surface area contributed by atoms with Crippen LogP contribution in [0.5, 0.6) is 0 Å². The highest BCUT2D eigenvalue weighted by Gasteiger charge is 2.32. The molecule has 27 heavy (non-hydrogen) atoms. The SMILES string of the molecule is CCOC(=O)c1c(C2CC2)csc1NC(=O)c1cccc(-n2cccn2)c1. The molecule has 138 valence electrons. The third kappa shape index (κ3) is 3.64. The first-order valence-electron chi connectivity index (χ1n) is 8.87. The van der Waals surface area contributed by atoms with E-state index in [0.717, 1.165) is 24.1 Å². The number of carbonyl (C=O) groups is 2. The van der Waals surface area contributed by atoms with Gasteiger partial charge in [-0.2, -0.15) is 5.10 Å². The summed E-state index contributed by atoms with van der Waals surface area (Å²) in [5.41, 5.74) is 2.78. The van der Waals surface area contributed by atoms with Crippen molar-refractivity contribution in [2.45, 2.75) is 25.7 Å². The van der Waals surface area contributed by atoms with E-state index in [1.54, 1.807) is 29.9 Å². The quantitative estimate of drug-likeness (QED) is 0.648. The van der Waals surface area contributed by atoms with Crippen LogP contribution in [0.4, 0.5) is 5.00 Å². The normalized spacial score (nSPS) is 13.4. The van der Waals surface area contributed by atoms with Crippen LogP contribution in [0, 0.1) is 0 Å². The van der Waals surface area contributed by atoms with Crippen molar-refractivity contribution in [3.63, 3.8) is 0 Å². The van der Waals surface area contributed by atoms with Gasteiger partial charge in [-0.1, -0.05) is 6.07 Å². The molecule has 7 heteroatoms. The number of benzene rings is 1. The topological polar surface area (TPSA) is 73.2 Å². The van der Waals surface area contributed by atoms with Crippen LogP contribution < -0.4 is 5.32 Å². The second-order valence-electron chi connectivity index (χ2n) is 6.34. The van der Waals surface area contributed by atoms with E-state index in [2.05, 4.69) is 10.4 Å². The lowest BCUT2D eigenvalue weighted by Gasteiger charge is -2.09. The molecule has 1 saturated carbocycles. The summed E-state index contributed by atoms with van der Waals surface area (Å²) < 4.78 is 6.90. The number of nitrogens with one attached hydrogen (secondary N) is 1. The van der Waals surface area contributed by atoms with Crippen molar-refractivity contribution in [2.75, 3.05) is 11.9 Å². The minimum absolute atomic E-state index is 0.265. The van der Waals surface area contributed by atoms with Crippen molar-refractivity contribution in [3.05, 3.63) is 64.8 Å². The Morgan fingerprint density at radius 3 is 2.89 bits per heavy atom. The molecule has 1 N–H and O–H groups in total. The van der Waals surface area contributed by atoms with Gasteiger partial charge in [-0.3, -0.25) is 4.79 Å². The minimum Gasteiger partial charge on any atom is -0.462 e. The Labute approximate surface area is 160 Å². The molecule has 0 saturated heterocycles. The van der Waals surface area contributed by atoms with Gasteiger partial charge in [-0.15, -0.1) is 11.3 Å². The number of hydrogen-bond acceptors (Lipinski definition) is 5. The summed E-state index contributed by atoms with van der Waals surface area (Å²) in [5.74, 6) is -0.241. The molecule has 3 aromatic rings. The second-order valence-corrected chi connectivity index (χ2v) is 7.22. The monoisotopic (exact) mass is 381 g/mol. The van der Waals surface area contributed by atoms with Gasteiger partial charge in [0.1, 0.15) is 5.00 Å². The van der Waals surface area contributed by atoms with Crippen LogP contribution in [-0.2, 0) is 4.74 Å². The van der Waals surface area contributed by atoms with Crippen molar-refractivity contribution in [1.29, 1.82) is 0 Å². The number of rotatable bonds is 6. The number of nitrogens with zero attached hydrogens (tertiary/aromatic N) is 2. The number of hydrogen-bond donors (Lipinski definition) is 1. The highest BCUT2D eigenvalue weighted by Crippen LogP contribution is 2.46. The fraction of sp³-hybridized carbons (Fsp3) is 0.250. The molecule has 0 unspecified atom stereocenters. The first kappa shape index (κ1) is 17.5. The fourth-order valence-electron chi connectivity index (χ4n) is 2.96. The van der Waals surface area contributed by atoms with E-state index in [9.17, 15) is 9.59 Å². The van der Waals surface area contributed by atoms with E-state index >= 15 is 0 Å². The van der Waals surface area contributed by atoms with Gasteiger partial charge in [0.25, 0.3) is 5.91 Å². The second kappa shape index (κ2) is 7.36. The average Bonchev–Trinajstić information content (AvgIpc) is 3.20. The molecule has 2 heterocycles. The molecular formula is C20H19N3O3S. The molecule has 0 aliphatic heterocycles. The molecule has 4 rings (SSSR count). The zero-order valence-electron chi connectivity index (χ0n) is 14.8. The van der Waals surface area contributed by atoms with Gasteiger partial charge >= 0.3 is 5.97 Å². The van der Waals surface area contributed by atoms with Crippen LogP contribution in [0.1, 0.15) is 52.0 Å². The minimum atomic E-state index is -0.374. The van der Waals surface area contributed by atoms with E-state index < -0.39 is 0 Å². The Bertz CT molecular complexity index is 974. The molecule has 1 aliphatic rings. The summed E-state index contributed by atoms with van der Waals surface area (Å²) in [6, 6.07) is 9.01. The number of thiophene rings is 1. The van der Waals surface area contributed by atoms with Crippen molar-refractivity contribution in [3.8, 4) is 5.69 Å². The van der Waals surface area contributed by atoms with Crippen LogP contribution in [0.2, 0.25) is 0 Å². The smallest absolute Gasteiger partial charge is 0.341 e. The van der Waals surface area contributed by atoms with Crippen LogP contribution in [0.25, 0.3) is 5.69 Å². The molecule has 0 atom stereocenters. The Morgan fingerprint density at radius 1 is 1.33 bits per heavy atom. The van der Waals surface area contributed by atoms with Crippen LogP contribution in [0.15, 0.2) is 48.1 Å². The molecular weight excluding hydrogens is 362 g/mol. The van der Waals surface area contributed by atoms with E-state index in [1.165, 1.54) is 11.3 Å². The summed E-state index contributed by atoms with van der Waals surface area (Å²) in [7, 11) is 0. The predicted octanol–water partition coefficient (Wildman–Crippen LogP) is 4.24. The van der Waals surface area contributed by atoms with Gasteiger partial charge in [0.05, 0.1) is 17.9 Å². The number of carbonyl (C=O) groups excluding carboxylic acids is 2. The lowest BCUT2D eigenvalue weighted by atomic mass is 10.1. The molecule has 0 radical (unpaired) electrons. The molecule has 0 bridgehead atoms. The number of ether oxygens (including phenoxy) is 1.